The monoisotopic (exact) mass is 335 g/mol. The molecule has 0 aliphatic carbocycles. The molecule has 0 saturated carbocycles. The minimum absolute atomic E-state index is 0.135. The summed E-state index contributed by atoms with van der Waals surface area (Å²) in [5, 5.41) is 11.7. The molecule has 0 aliphatic heterocycles. The number of benzene rings is 1. The predicted octanol–water partition coefficient (Wildman–Crippen LogP) is 2.73. The first-order chi connectivity index (χ1) is 11.7. The van der Waals surface area contributed by atoms with Crippen molar-refractivity contribution >= 4 is 0 Å². The topological polar surface area (TPSA) is 78.9 Å². The lowest BCUT2D eigenvalue weighted by molar-refractivity contribution is -0.0498. The van der Waals surface area contributed by atoms with Gasteiger partial charge in [-0.2, -0.15) is 13.8 Å². The van der Waals surface area contributed by atoms with Crippen LogP contribution in [0.5, 0.6) is 5.75 Å². The Balaban J connectivity index is 1.61. The van der Waals surface area contributed by atoms with Crippen LogP contribution >= 0.6 is 0 Å². The van der Waals surface area contributed by atoms with E-state index in [-0.39, 0.29) is 5.75 Å². The Labute approximate surface area is 136 Å². The molecular formula is C15H15F2N5O2. The predicted molar refractivity (Wildman–Crippen MR) is 79.5 cm³/mol. The number of alkyl halides is 2. The molecule has 0 unspecified atom stereocenters. The van der Waals surface area contributed by atoms with E-state index in [0.717, 1.165) is 5.56 Å². The highest BCUT2D eigenvalue weighted by atomic mass is 19.3. The summed E-state index contributed by atoms with van der Waals surface area (Å²) in [6.45, 7) is -0.226. The van der Waals surface area contributed by atoms with Gasteiger partial charge in [0.1, 0.15) is 11.4 Å². The smallest absolute Gasteiger partial charge is 0.387 e. The summed E-state index contributed by atoms with van der Waals surface area (Å²) in [7, 11) is 0. The Kier molecular flexibility index (Phi) is 4.78. The SMILES string of the molecule is CCn1nncc1-c1nc(CCc2ccc(OC(F)F)cc2)no1. The van der Waals surface area contributed by atoms with E-state index in [4.69, 9.17) is 4.52 Å². The first-order valence-corrected chi connectivity index (χ1v) is 7.41. The quantitative estimate of drug-likeness (QED) is 0.660. The minimum Gasteiger partial charge on any atom is -0.435 e. The molecule has 0 atom stereocenters. The van der Waals surface area contributed by atoms with Gasteiger partial charge in [0.05, 0.1) is 6.20 Å². The molecule has 7 nitrogen and oxygen atoms in total. The highest BCUT2D eigenvalue weighted by Crippen LogP contribution is 2.18. The zero-order chi connectivity index (χ0) is 16.9. The molecule has 126 valence electrons. The maximum atomic E-state index is 12.1. The summed E-state index contributed by atoms with van der Waals surface area (Å²) in [6.07, 6.45) is 2.79. The van der Waals surface area contributed by atoms with Crippen LogP contribution in [0.1, 0.15) is 18.3 Å². The van der Waals surface area contributed by atoms with Gasteiger partial charge in [-0.1, -0.05) is 22.5 Å². The van der Waals surface area contributed by atoms with E-state index < -0.39 is 6.61 Å². The summed E-state index contributed by atoms with van der Waals surface area (Å²) >= 11 is 0. The number of halogens is 2. The fraction of sp³-hybridized carbons (Fsp3) is 0.333. The van der Waals surface area contributed by atoms with E-state index in [1.165, 1.54) is 12.1 Å². The Morgan fingerprint density at radius 1 is 1.21 bits per heavy atom. The van der Waals surface area contributed by atoms with Crippen LogP contribution in [0.25, 0.3) is 11.6 Å². The first kappa shape index (κ1) is 16.0. The number of nitrogens with zero attached hydrogens (tertiary/aromatic N) is 5. The Morgan fingerprint density at radius 2 is 2.00 bits per heavy atom. The van der Waals surface area contributed by atoms with Crippen LogP contribution in [-0.2, 0) is 19.4 Å². The molecule has 0 N–H and O–H groups in total. The van der Waals surface area contributed by atoms with Gasteiger partial charge in [-0.3, -0.25) is 0 Å². The van der Waals surface area contributed by atoms with E-state index in [0.29, 0.717) is 36.8 Å². The van der Waals surface area contributed by atoms with Gasteiger partial charge in [0.2, 0.25) is 0 Å². The van der Waals surface area contributed by atoms with Crippen LogP contribution in [-0.4, -0.2) is 31.7 Å². The van der Waals surface area contributed by atoms with Gasteiger partial charge < -0.3 is 9.26 Å². The Morgan fingerprint density at radius 3 is 2.71 bits per heavy atom. The third-order valence-electron chi connectivity index (χ3n) is 3.39. The summed E-state index contributed by atoms with van der Waals surface area (Å²) in [4.78, 5) is 4.33. The van der Waals surface area contributed by atoms with Gasteiger partial charge in [0.15, 0.2) is 5.82 Å². The number of hydrogen-bond acceptors (Lipinski definition) is 6. The minimum atomic E-state index is -2.82. The van der Waals surface area contributed by atoms with Crippen molar-refractivity contribution in [3.8, 4) is 17.3 Å². The van der Waals surface area contributed by atoms with Crippen molar-refractivity contribution < 1.29 is 18.0 Å². The Hall–Kier alpha value is -2.84. The molecule has 0 radical (unpaired) electrons. The highest BCUT2D eigenvalue weighted by molar-refractivity contribution is 5.44. The average Bonchev–Trinajstić information content (AvgIpc) is 3.22. The summed E-state index contributed by atoms with van der Waals surface area (Å²) < 4.78 is 35.4. The van der Waals surface area contributed by atoms with Gasteiger partial charge in [0, 0.05) is 13.0 Å². The molecule has 0 aliphatic rings. The van der Waals surface area contributed by atoms with Gasteiger partial charge in [-0.15, -0.1) is 5.10 Å². The third kappa shape index (κ3) is 3.73. The second-order valence-corrected chi connectivity index (χ2v) is 4.97. The molecule has 3 aromatic rings. The molecule has 3 rings (SSSR count). The van der Waals surface area contributed by atoms with Gasteiger partial charge in [-0.05, 0) is 31.0 Å². The molecule has 1 aromatic carbocycles. The fourth-order valence-electron chi connectivity index (χ4n) is 2.21. The average molecular weight is 335 g/mol. The van der Waals surface area contributed by atoms with Crippen molar-refractivity contribution in [3.05, 3.63) is 41.9 Å². The van der Waals surface area contributed by atoms with Crippen LogP contribution in [0.3, 0.4) is 0 Å². The van der Waals surface area contributed by atoms with Crippen molar-refractivity contribution in [2.24, 2.45) is 0 Å². The summed E-state index contributed by atoms with van der Waals surface area (Å²) in [5.74, 6) is 1.07. The van der Waals surface area contributed by atoms with Crippen molar-refractivity contribution in [2.75, 3.05) is 0 Å². The van der Waals surface area contributed by atoms with Crippen molar-refractivity contribution in [1.82, 2.24) is 25.1 Å². The third-order valence-corrected chi connectivity index (χ3v) is 3.39. The number of ether oxygens (including phenoxy) is 1. The van der Waals surface area contributed by atoms with E-state index in [9.17, 15) is 8.78 Å². The number of rotatable bonds is 7. The molecule has 2 aromatic heterocycles. The Bertz CT molecular complexity index is 785. The molecule has 0 spiro atoms. The normalized spacial score (nSPS) is 11.2. The zero-order valence-electron chi connectivity index (χ0n) is 12.9. The molecule has 0 amide bonds. The van der Waals surface area contributed by atoms with Crippen molar-refractivity contribution in [1.29, 1.82) is 0 Å². The zero-order valence-corrected chi connectivity index (χ0v) is 12.9. The van der Waals surface area contributed by atoms with Crippen LogP contribution < -0.4 is 4.74 Å². The molecule has 0 fully saturated rings. The lowest BCUT2D eigenvalue weighted by atomic mass is 10.1. The van der Waals surface area contributed by atoms with Crippen molar-refractivity contribution in [3.63, 3.8) is 0 Å². The van der Waals surface area contributed by atoms with E-state index >= 15 is 0 Å². The van der Waals surface area contributed by atoms with Gasteiger partial charge >= 0.3 is 6.61 Å². The molecule has 2 heterocycles. The second kappa shape index (κ2) is 7.16. The molecule has 24 heavy (non-hydrogen) atoms. The van der Waals surface area contributed by atoms with E-state index in [1.54, 1.807) is 23.0 Å². The number of aryl methyl sites for hydroxylation is 3. The first-order valence-electron chi connectivity index (χ1n) is 7.41. The second-order valence-electron chi connectivity index (χ2n) is 4.97. The largest absolute Gasteiger partial charge is 0.435 e. The molecule has 9 heteroatoms. The maximum Gasteiger partial charge on any atom is 0.387 e. The molecule has 0 saturated heterocycles. The summed E-state index contributed by atoms with van der Waals surface area (Å²) in [6, 6.07) is 6.48. The standard InChI is InChI=1S/C15H15F2N5O2/c1-2-22-12(9-18-21-22)14-19-13(20-24-14)8-5-10-3-6-11(7-4-10)23-15(16)17/h3-4,6-7,9,15H,2,5,8H2,1H3. The number of hydrogen-bond donors (Lipinski definition) is 0. The van der Waals surface area contributed by atoms with E-state index in [2.05, 4.69) is 25.2 Å². The lowest BCUT2D eigenvalue weighted by Gasteiger charge is -2.05. The highest BCUT2D eigenvalue weighted by Gasteiger charge is 2.14. The van der Waals surface area contributed by atoms with Crippen LogP contribution in [0.15, 0.2) is 35.0 Å². The van der Waals surface area contributed by atoms with Crippen LogP contribution in [0, 0.1) is 0 Å². The van der Waals surface area contributed by atoms with Gasteiger partial charge in [-0.25, -0.2) is 4.68 Å². The van der Waals surface area contributed by atoms with Crippen LogP contribution in [0.4, 0.5) is 8.78 Å². The summed E-state index contributed by atoms with van der Waals surface area (Å²) in [5.41, 5.74) is 1.63. The number of aromatic nitrogens is 5. The van der Waals surface area contributed by atoms with Gasteiger partial charge in [0.25, 0.3) is 5.89 Å². The molecule has 0 bridgehead atoms. The maximum absolute atomic E-state index is 12.1. The molecular weight excluding hydrogens is 320 g/mol. The van der Waals surface area contributed by atoms with Crippen molar-refractivity contribution in [2.45, 2.75) is 32.9 Å². The lowest BCUT2D eigenvalue weighted by Crippen LogP contribution is -2.02. The van der Waals surface area contributed by atoms with E-state index in [1.807, 2.05) is 6.92 Å². The fourth-order valence-corrected chi connectivity index (χ4v) is 2.21. The van der Waals surface area contributed by atoms with Crippen LogP contribution in [0.2, 0.25) is 0 Å².